The number of hydrogen-bond donors (Lipinski definition) is 1. The van der Waals surface area contributed by atoms with Gasteiger partial charge in [-0.3, -0.25) is 23.4 Å². The third-order valence-electron chi connectivity index (χ3n) is 5.51. The molecule has 2 heterocycles. The third kappa shape index (κ3) is 4.21. The molecule has 1 N–H and O–H groups in total. The van der Waals surface area contributed by atoms with Gasteiger partial charge in [0, 0.05) is 6.54 Å². The van der Waals surface area contributed by atoms with E-state index < -0.39 is 23.0 Å². The Labute approximate surface area is 194 Å². The molecule has 0 atom stereocenters. The summed E-state index contributed by atoms with van der Waals surface area (Å²) in [5.74, 6) is -0.412. The van der Waals surface area contributed by atoms with Gasteiger partial charge in [-0.1, -0.05) is 24.3 Å². The van der Waals surface area contributed by atoms with Crippen molar-refractivity contribution in [3.05, 3.63) is 86.4 Å². The molecule has 2 aromatic carbocycles. The second-order valence-corrected chi connectivity index (χ2v) is 7.73. The van der Waals surface area contributed by atoms with E-state index in [0.29, 0.717) is 34.8 Å². The minimum Gasteiger partial charge on any atom is -0.495 e. The maximum absolute atomic E-state index is 13.4. The number of rotatable bonds is 7. The zero-order chi connectivity index (χ0) is 24.4. The molecular weight excluding hydrogens is 441 g/mol. The largest absolute Gasteiger partial charge is 0.495 e. The molecule has 4 aromatic rings. The van der Waals surface area contributed by atoms with Crippen molar-refractivity contribution in [1.29, 1.82) is 0 Å². The summed E-state index contributed by atoms with van der Waals surface area (Å²) >= 11 is 0. The van der Waals surface area contributed by atoms with E-state index in [1.54, 1.807) is 31.2 Å². The van der Waals surface area contributed by atoms with Crippen LogP contribution in [0.15, 0.2) is 58.1 Å². The van der Waals surface area contributed by atoms with Gasteiger partial charge < -0.3 is 10.1 Å². The van der Waals surface area contributed by atoms with Gasteiger partial charge in [0.05, 0.1) is 25.0 Å². The van der Waals surface area contributed by atoms with Crippen molar-refractivity contribution in [2.45, 2.75) is 33.5 Å². The number of carbonyl (C=O) groups excluding carboxylic acids is 1. The van der Waals surface area contributed by atoms with Crippen LogP contribution in [0.5, 0.6) is 5.75 Å². The van der Waals surface area contributed by atoms with Crippen LogP contribution in [-0.4, -0.2) is 31.9 Å². The van der Waals surface area contributed by atoms with Gasteiger partial charge in [-0.05, 0) is 43.7 Å². The van der Waals surface area contributed by atoms with E-state index >= 15 is 0 Å². The van der Waals surface area contributed by atoms with E-state index in [4.69, 9.17) is 4.74 Å². The Morgan fingerprint density at radius 2 is 1.76 bits per heavy atom. The molecule has 0 fully saturated rings. The number of carbonyl (C=O) groups is 1. The summed E-state index contributed by atoms with van der Waals surface area (Å²) < 4.78 is 22.4. The maximum atomic E-state index is 13.4. The third-order valence-corrected chi connectivity index (χ3v) is 5.51. The molecule has 0 unspecified atom stereocenters. The molecule has 0 radical (unpaired) electrons. The van der Waals surface area contributed by atoms with Crippen molar-refractivity contribution in [2.75, 3.05) is 12.4 Å². The predicted octanol–water partition coefficient (Wildman–Crippen LogP) is 2.52. The van der Waals surface area contributed by atoms with E-state index in [9.17, 15) is 18.8 Å². The smallest absolute Gasteiger partial charge is 0.332 e. The number of nitrogens with zero attached hydrogens (tertiary/aromatic N) is 4. The van der Waals surface area contributed by atoms with Gasteiger partial charge in [0.1, 0.15) is 23.6 Å². The summed E-state index contributed by atoms with van der Waals surface area (Å²) in [4.78, 5) is 39.7. The summed E-state index contributed by atoms with van der Waals surface area (Å²) in [5, 5.41) is 7.14. The number of methoxy groups -OCH3 is 1. The minimum atomic E-state index is -0.657. The van der Waals surface area contributed by atoms with E-state index in [0.717, 1.165) is 4.57 Å². The molecule has 10 heteroatoms. The first-order valence-corrected chi connectivity index (χ1v) is 10.7. The summed E-state index contributed by atoms with van der Waals surface area (Å²) in [7, 11) is 1.49. The Morgan fingerprint density at radius 1 is 1.06 bits per heavy atom. The number of anilines is 1. The van der Waals surface area contributed by atoms with Crippen molar-refractivity contribution in [3.63, 3.8) is 0 Å². The van der Waals surface area contributed by atoms with Crippen LogP contribution < -0.4 is 21.3 Å². The fourth-order valence-electron chi connectivity index (χ4n) is 3.93. The average Bonchev–Trinajstić information content (AvgIpc) is 3.17. The highest BCUT2D eigenvalue weighted by Crippen LogP contribution is 2.23. The van der Waals surface area contributed by atoms with Gasteiger partial charge in [0.25, 0.3) is 5.56 Å². The van der Waals surface area contributed by atoms with Gasteiger partial charge in [0.2, 0.25) is 5.91 Å². The highest BCUT2D eigenvalue weighted by molar-refractivity contribution is 5.93. The molecule has 0 bridgehead atoms. The second-order valence-electron chi connectivity index (χ2n) is 7.73. The molecule has 0 aliphatic heterocycles. The molecular formula is C24H24FN5O4. The van der Waals surface area contributed by atoms with E-state index in [1.165, 1.54) is 40.6 Å². The van der Waals surface area contributed by atoms with Crippen molar-refractivity contribution in [3.8, 4) is 5.75 Å². The maximum Gasteiger partial charge on any atom is 0.332 e. The monoisotopic (exact) mass is 465 g/mol. The number of fused-ring (bicyclic) bond motifs is 1. The molecule has 0 aliphatic rings. The lowest BCUT2D eigenvalue weighted by Crippen LogP contribution is -2.42. The molecule has 0 spiro atoms. The standard InChI is InChI=1S/C24H24FN5O4/c1-4-30-22-21(15(2)27-30)28(14-20(31)26-18-7-5-6-8-19(18)34-3)24(33)29(23(22)32)13-16-9-11-17(25)12-10-16/h5-12H,4,13-14H2,1-3H3,(H,26,31). The molecule has 0 saturated heterocycles. The predicted molar refractivity (Wildman–Crippen MR) is 126 cm³/mol. The quantitative estimate of drug-likeness (QED) is 0.452. The summed E-state index contributed by atoms with van der Waals surface area (Å²) in [5.41, 5.74) is 0.854. The number of aromatic nitrogens is 4. The highest BCUT2D eigenvalue weighted by atomic mass is 19.1. The lowest BCUT2D eigenvalue weighted by molar-refractivity contribution is -0.116. The van der Waals surface area contributed by atoms with Gasteiger partial charge in [-0.2, -0.15) is 5.10 Å². The average molecular weight is 465 g/mol. The Hall–Kier alpha value is -4.21. The van der Waals surface area contributed by atoms with Crippen LogP contribution in [0.25, 0.3) is 11.0 Å². The van der Waals surface area contributed by atoms with E-state index in [-0.39, 0.29) is 18.6 Å². The van der Waals surface area contributed by atoms with Crippen LogP contribution in [0.3, 0.4) is 0 Å². The van der Waals surface area contributed by atoms with Crippen LogP contribution in [-0.2, 0) is 24.4 Å². The Bertz CT molecular complexity index is 1480. The molecule has 176 valence electrons. The Kier molecular flexibility index (Phi) is 6.31. The van der Waals surface area contributed by atoms with Gasteiger partial charge in [-0.15, -0.1) is 0 Å². The summed E-state index contributed by atoms with van der Waals surface area (Å²) in [6.45, 7) is 3.51. The fourth-order valence-corrected chi connectivity index (χ4v) is 3.93. The van der Waals surface area contributed by atoms with Gasteiger partial charge >= 0.3 is 5.69 Å². The van der Waals surface area contributed by atoms with Crippen molar-refractivity contribution in [1.82, 2.24) is 18.9 Å². The van der Waals surface area contributed by atoms with Crippen LogP contribution in [0.4, 0.5) is 10.1 Å². The van der Waals surface area contributed by atoms with Crippen LogP contribution in [0, 0.1) is 12.7 Å². The summed E-state index contributed by atoms with van der Waals surface area (Å²) in [6, 6.07) is 12.5. The molecule has 0 saturated carbocycles. The highest BCUT2D eigenvalue weighted by Gasteiger charge is 2.22. The lowest BCUT2D eigenvalue weighted by atomic mass is 10.2. The first kappa shape index (κ1) is 23.0. The Balaban J connectivity index is 1.82. The van der Waals surface area contributed by atoms with Crippen LogP contribution in [0.1, 0.15) is 18.2 Å². The molecule has 1 amide bonds. The topological polar surface area (TPSA) is 100 Å². The first-order valence-electron chi connectivity index (χ1n) is 10.7. The molecule has 2 aromatic heterocycles. The second kappa shape index (κ2) is 9.34. The zero-order valence-electron chi connectivity index (χ0n) is 19.0. The number of hydrogen-bond acceptors (Lipinski definition) is 5. The summed E-state index contributed by atoms with van der Waals surface area (Å²) in [6.07, 6.45) is 0. The number of nitrogens with one attached hydrogen (secondary N) is 1. The normalized spacial score (nSPS) is 11.1. The molecule has 4 rings (SSSR count). The molecule has 34 heavy (non-hydrogen) atoms. The van der Waals surface area contributed by atoms with Crippen LogP contribution >= 0.6 is 0 Å². The van der Waals surface area contributed by atoms with Crippen LogP contribution in [0.2, 0.25) is 0 Å². The number of halogens is 1. The zero-order valence-corrected chi connectivity index (χ0v) is 19.0. The number of aryl methyl sites for hydroxylation is 2. The number of amides is 1. The van der Waals surface area contributed by atoms with Gasteiger partial charge in [-0.25, -0.2) is 9.18 Å². The van der Waals surface area contributed by atoms with E-state index in [1.807, 2.05) is 6.92 Å². The number of benzene rings is 2. The van der Waals surface area contributed by atoms with Gasteiger partial charge in [0.15, 0.2) is 5.52 Å². The number of ether oxygens (including phenoxy) is 1. The van der Waals surface area contributed by atoms with Crippen molar-refractivity contribution in [2.24, 2.45) is 0 Å². The lowest BCUT2D eigenvalue weighted by Gasteiger charge is -2.14. The molecule has 0 aliphatic carbocycles. The SMILES string of the molecule is CCn1nc(C)c2c1c(=O)n(Cc1ccc(F)cc1)c(=O)n2CC(=O)Nc1ccccc1OC. The number of para-hydroxylation sites is 2. The van der Waals surface area contributed by atoms with Crippen molar-refractivity contribution < 1.29 is 13.9 Å². The van der Waals surface area contributed by atoms with Crippen molar-refractivity contribution >= 4 is 22.6 Å². The van der Waals surface area contributed by atoms with E-state index in [2.05, 4.69) is 10.4 Å². The molecule has 9 nitrogen and oxygen atoms in total. The minimum absolute atomic E-state index is 0.0735. The first-order chi connectivity index (χ1) is 16.3. The fraction of sp³-hybridized carbons (Fsp3) is 0.250. The Morgan fingerprint density at radius 3 is 2.44 bits per heavy atom.